The Labute approximate surface area is 301 Å². The van der Waals surface area contributed by atoms with Crippen molar-refractivity contribution in [3.05, 3.63) is 84.6 Å². The maximum Gasteiger partial charge on any atom is -0.0197 e. The van der Waals surface area contributed by atoms with Crippen LogP contribution in [0.5, 0.6) is 0 Å². The first-order chi connectivity index (χ1) is 24.2. The van der Waals surface area contributed by atoms with E-state index in [1.54, 1.807) is 5.57 Å². The summed E-state index contributed by atoms with van der Waals surface area (Å²) in [6.07, 6.45) is 62.5. The molecule has 49 heavy (non-hydrogen) atoms. The van der Waals surface area contributed by atoms with E-state index in [2.05, 4.69) is 79.0 Å². The van der Waals surface area contributed by atoms with Gasteiger partial charge in [-0.15, -0.1) is 0 Å². The fourth-order valence-electron chi connectivity index (χ4n) is 10.9. The molecule has 0 heterocycles. The zero-order chi connectivity index (χ0) is 32.8. The Morgan fingerprint density at radius 2 is 1.02 bits per heavy atom. The second kappa shape index (κ2) is 16.7. The van der Waals surface area contributed by atoms with Gasteiger partial charge in [0, 0.05) is 0 Å². The molecule has 0 aliphatic heterocycles. The number of fused-ring (bicyclic) bond motifs is 8. The van der Waals surface area contributed by atoms with Gasteiger partial charge in [-0.2, -0.15) is 0 Å². The van der Waals surface area contributed by atoms with Gasteiger partial charge in [0.2, 0.25) is 0 Å². The standard InChI is InChI=1S/7C7H10/c1-2-7-4-3-6(1)5-7;2*1-2-6-4-7(3-1)5-6;2*1-2-6-4-5-7(6)3-1;2*1-2-4-7-5-6(7)3-1/h3*1-2,6-7H,3-5H2;2,7H,1,3-5H2;1-2,6-7H,3-5H2;1,3,6-7H,2,4-5H2;1-2,6-7H,3-5H2. The predicted molar refractivity (Wildman–Crippen MR) is 210 cm³/mol. The van der Waals surface area contributed by atoms with Gasteiger partial charge in [0.1, 0.15) is 0 Å². The molecule has 9 atom stereocenters. The third-order valence-electron chi connectivity index (χ3n) is 15.2. The first kappa shape index (κ1) is 34.3. The lowest BCUT2D eigenvalue weighted by atomic mass is 9.69. The molecule has 6 bridgehead atoms. The van der Waals surface area contributed by atoms with Crippen LogP contribution in [0.25, 0.3) is 0 Å². The highest BCUT2D eigenvalue weighted by Crippen LogP contribution is 2.47. The lowest BCUT2D eigenvalue weighted by molar-refractivity contribution is 0.224. The number of allylic oxidation sites excluding steroid dienone is 14. The predicted octanol–water partition coefficient (Wildman–Crippen LogP) is 14.0. The molecule has 0 N–H and O–H groups in total. The number of rotatable bonds is 0. The monoisotopic (exact) mass is 659 g/mol. The minimum Gasteiger partial charge on any atom is -0.0882 e. The van der Waals surface area contributed by atoms with Crippen LogP contribution < -0.4 is 0 Å². The van der Waals surface area contributed by atoms with Crippen molar-refractivity contribution >= 4 is 0 Å². The van der Waals surface area contributed by atoms with E-state index >= 15 is 0 Å². The van der Waals surface area contributed by atoms with Crippen molar-refractivity contribution in [3.63, 3.8) is 0 Å². The largest absolute Gasteiger partial charge is 0.0882 e. The second-order valence-corrected chi connectivity index (χ2v) is 18.9. The summed E-state index contributed by atoms with van der Waals surface area (Å²) in [6, 6.07) is 0. The molecule has 0 amide bonds. The average molecular weight is 659 g/mol. The molecule has 0 radical (unpaired) electrons. The Morgan fingerprint density at radius 1 is 0.367 bits per heavy atom. The zero-order valence-corrected chi connectivity index (χ0v) is 31.1. The molecule has 16 rings (SSSR count). The molecule has 0 saturated heterocycles. The molecule has 0 aromatic carbocycles. The van der Waals surface area contributed by atoms with E-state index in [1.807, 2.05) is 0 Å². The van der Waals surface area contributed by atoms with Crippen molar-refractivity contribution in [1.29, 1.82) is 0 Å². The Morgan fingerprint density at radius 3 is 1.29 bits per heavy atom. The van der Waals surface area contributed by atoms with Gasteiger partial charge in [0.05, 0.1) is 0 Å². The maximum atomic E-state index is 2.42. The van der Waals surface area contributed by atoms with E-state index in [1.165, 1.54) is 141 Å². The van der Waals surface area contributed by atoms with Crippen LogP contribution in [0.4, 0.5) is 0 Å². The zero-order valence-electron chi connectivity index (χ0n) is 31.1. The van der Waals surface area contributed by atoms with Gasteiger partial charge in [0.25, 0.3) is 0 Å². The fourth-order valence-corrected chi connectivity index (χ4v) is 10.9. The topological polar surface area (TPSA) is 0 Å². The highest BCUT2D eigenvalue weighted by Gasteiger charge is 2.36. The summed E-state index contributed by atoms with van der Waals surface area (Å²) in [5, 5.41) is 0. The molecular weight excluding hydrogens is 589 g/mol. The molecule has 7 saturated carbocycles. The summed E-state index contributed by atoms with van der Waals surface area (Å²) < 4.78 is 0. The van der Waals surface area contributed by atoms with Crippen LogP contribution in [0.1, 0.15) is 141 Å². The van der Waals surface area contributed by atoms with Gasteiger partial charge in [-0.1, -0.05) is 84.6 Å². The molecule has 266 valence electrons. The van der Waals surface area contributed by atoms with Gasteiger partial charge in [-0.05, 0) is 218 Å². The highest BCUT2D eigenvalue weighted by atomic mass is 14.4. The van der Waals surface area contributed by atoms with Crippen molar-refractivity contribution in [2.45, 2.75) is 141 Å². The van der Waals surface area contributed by atoms with Crippen LogP contribution in [-0.2, 0) is 0 Å². The van der Waals surface area contributed by atoms with Crippen LogP contribution >= 0.6 is 0 Å². The van der Waals surface area contributed by atoms with Crippen molar-refractivity contribution in [2.24, 2.45) is 76.9 Å². The first-order valence-electron chi connectivity index (χ1n) is 21.9. The summed E-state index contributed by atoms with van der Waals surface area (Å²) in [5.74, 6) is 13.7. The molecule has 7 fully saturated rings. The van der Waals surface area contributed by atoms with E-state index < -0.39 is 0 Å². The Bertz CT molecular complexity index is 1210. The van der Waals surface area contributed by atoms with Crippen LogP contribution in [-0.4, -0.2) is 0 Å². The summed E-state index contributed by atoms with van der Waals surface area (Å²) >= 11 is 0. The molecule has 16 aliphatic carbocycles. The molecule has 0 heteroatoms. The number of hydrogen-bond acceptors (Lipinski definition) is 0. The molecule has 0 aromatic heterocycles. The quantitative estimate of drug-likeness (QED) is 0.227. The molecule has 0 nitrogen and oxygen atoms in total. The average Bonchev–Trinajstić information content (AvgIpc) is 3.89. The van der Waals surface area contributed by atoms with Gasteiger partial charge >= 0.3 is 0 Å². The molecule has 16 aliphatic rings. The maximum absolute atomic E-state index is 2.42. The summed E-state index contributed by atoms with van der Waals surface area (Å²) in [5.41, 5.74) is 1.76. The fraction of sp³-hybridized carbons (Fsp3) is 0.714. The Hall–Kier alpha value is -1.82. The minimum absolute atomic E-state index is 0.991. The van der Waals surface area contributed by atoms with E-state index in [-0.39, 0.29) is 0 Å². The van der Waals surface area contributed by atoms with Gasteiger partial charge in [-0.3, -0.25) is 0 Å². The molecule has 0 spiro atoms. The Balaban J connectivity index is 0.0000000830. The van der Waals surface area contributed by atoms with E-state index in [0.717, 1.165) is 76.9 Å². The molecular formula is C49H70. The summed E-state index contributed by atoms with van der Waals surface area (Å²) in [6.45, 7) is 0. The van der Waals surface area contributed by atoms with E-state index in [4.69, 9.17) is 0 Å². The summed E-state index contributed by atoms with van der Waals surface area (Å²) in [7, 11) is 0. The van der Waals surface area contributed by atoms with Gasteiger partial charge < -0.3 is 0 Å². The smallest absolute Gasteiger partial charge is 0.0197 e. The first-order valence-corrected chi connectivity index (χ1v) is 21.9. The summed E-state index contributed by atoms with van der Waals surface area (Å²) in [4.78, 5) is 0. The molecule has 9 unspecified atom stereocenters. The lowest BCUT2D eigenvalue weighted by Gasteiger charge is -2.36. The van der Waals surface area contributed by atoms with E-state index in [0.29, 0.717) is 0 Å². The minimum atomic E-state index is 0.991. The molecule has 0 aromatic rings. The van der Waals surface area contributed by atoms with Crippen molar-refractivity contribution < 1.29 is 0 Å². The van der Waals surface area contributed by atoms with Gasteiger partial charge in [0.15, 0.2) is 0 Å². The second-order valence-electron chi connectivity index (χ2n) is 18.9. The van der Waals surface area contributed by atoms with Crippen LogP contribution in [0.3, 0.4) is 0 Å². The van der Waals surface area contributed by atoms with Gasteiger partial charge in [-0.25, -0.2) is 0 Å². The van der Waals surface area contributed by atoms with E-state index in [9.17, 15) is 0 Å². The SMILES string of the molecule is C1=C2CCC2CC1.C1=CC2CC(C1)C2.C1=CC2CC(C1)C2.C1=CC2CC2CC1.C1=CC2CCC1C2.C1=CC2CCC2C1.C1=CCC2CC2C1. The van der Waals surface area contributed by atoms with Crippen molar-refractivity contribution in [1.82, 2.24) is 0 Å². The normalized spacial score (nSPS) is 44.4. The van der Waals surface area contributed by atoms with Crippen molar-refractivity contribution in [2.75, 3.05) is 0 Å². The third kappa shape index (κ3) is 9.74. The number of hydrogen-bond donors (Lipinski definition) is 0. The Kier molecular flexibility index (Phi) is 11.7. The lowest BCUT2D eigenvalue weighted by Crippen LogP contribution is -2.24. The van der Waals surface area contributed by atoms with Crippen molar-refractivity contribution in [3.8, 4) is 0 Å². The highest BCUT2D eigenvalue weighted by molar-refractivity contribution is 5.19. The van der Waals surface area contributed by atoms with Crippen LogP contribution in [0.2, 0.25) is 0 Å². The van der Waals surface area contributed by atoms with Crippen LogP contribution in [0.15, 0.2) is 84.6 Å². The third-order valence-corrected chi connectivity index (χ3v) is 15.2. The van der Waals surface area contributed by atoms with Crippen LogP contribution in [0, 0.1) is 76.9 Å².